The number of benzene rings is 1. The molecule has 126 valence electrons. The summed E-state index contributed by atoms with van der Waals surface area (Å²) in [6.07, 6.45) is 3.52. The molecule has 1 amide bonds. The normalized spacial score (nSPS) is 16.2. The van der Waals surface area contributed by atoms with Crippen molar-refractivity contribution in [3.05, 3.63) is 69.9 Å². The molecular formula is C17H16N6O2. The summed E-state index contributed by atoms with van der Waals surface area (Å²) in [5, 5.41) is 17.8. The largest absolute Gasteiger partial charge is 0.348 e. The number of aromatic amines is 1. The monoisotopic (exact) mass is 336 g/mol. The Balaban J connectivity index is 1.46. The molecule has 8 nitrogen and oxygen atoms in total. The quantitative estimate of drug-likeness (QED) is 0.730. The molecule has 8 heteroatoms. The van der Waals surface area contributed by atoms with Crippen LogP contribution >= 0.6 is 0 Å². The minimum absolute atomic E-state index is 0.0505. The summed E-state index contributed by atoms with van der Waals surface area (Å²) in [4.78, 5) is 25.3. The number of amides is 1. The lowest BCUT2D eigenvalue weighted by atomic mass is 9.92. The number of nitrogens with one attached hydrogen (secondary N) is 2. The minimum atomic E-state index is -0.270. The van der Waals surface area contributed by atoms with Crippen molar-refractivity contribution in [3.63, 3.8) is 0 Å². The number of aromatic nitrogens is 5. The molecule has 4 rings (SSSR count). The number of hydrogen-bond acceptors (Lipinski definition) is 5. The number of aryl methyl sites for hydroxylation is 1. The smallest absolute Gasteiger partial charge is 0.273 e. The molecule has 0 bridgehead atoms. The molecule has 0 aliphatic heterocycles. The first-order chi connectivity index (χ1) is 12.2. The predicted octanol–water partition coefficient (Wildman–Crippen LogP) is 0.638. The van der Waals surface area contributed by atoms with Crippen LogP contribution in [-0.2, 0) is 12.8 Å². The number of carbonyl (C=O) groups excluding carboxylic acids is 1. The summed E-state index contributed by atoms with van der Waals surface area (Å²) in [6, 6.07) is 10.9. The molecule has 2 N–H and O–H groups in total. The fourth-order valence-corrected chi connectivity index (χ4v) is 2.98. The second-order valence-corrected chi connectivity index (χ2v) is 5.97. The van der Waals surface area contributed by atoms with E-state index in [1.54, 1.807) is 6.07 Å². The topological polar surface area (TPSA) is 106 Å². The summed E-state index contributed by atoms with van der Waals surface area (Å²) < 4.78 is 0. The molecule has 0 unspecified atom stereocenters. The van der Waals surface area contributed by atoms with E-state index in [0.29, 0.717) is 12.8 Å². The van der Waals surface area contributed by atoms with E-state index in [1.807, 2.05) is 30.3 Å². The molecule has 2 aromatic heterocycles. The average molecular weight is 336 g/mol. The van der Waals surface area contributed by atoms with Crippen LogP contribution in [0.2, 0.25) is 0 Å². The Morgan fingerprint density at radius 2 is 2.12 bits per heavy atom. The third-order valence-electron chi connectivity index (χ3n) is 4.22. The van der Waals surface area contributed by atoms with E-state index in [1.165, 1.54) is 11.0 Å². The van der Waals surface area contributed by atoms with E-state index < -0.39 is 0 Å². The van der Waals surface area contributed by atoms with E-state index in [4.69, 9.17) is 0 Å². The zero-order chi connectivity index (χ0) is 17.2. The molecule has 0 radical (unpaired) electrons. The maximum Gasteiger partial charge on any atom is 0.273 e. The van der Waals surface area contributed by atoms with Crippen molar-refractivity contribution >= 4 is 5.91 Å². The third-order valence-corrected chi connectivity index (χ3v) is 4.22. The summed E-state index contributed by atoms with van der Waals surface area (Å²) in [5.41, 5.74) is 2.60. The number of rotatable bonds is 3. The number of carbonyl (C=O) groups is 1. The van der Waals surface area contributed by atoms with Crippen molar-refractivity contribution < 1.29 is 4.79 Å². The number of para-hydroxylation sites is 1. The molecule has 0 fully saturated rings. The number of hydrogen-bond donors (Lipinski definition) is 2. The lowest BCUT2D eigenvalue weighted by molar-refractivity contribution is 0.0928. The van der Waals surface area contributed by atoms with Crippen LogP contribution in [0, 0.1) is 0 Å². The summed E-state index contributed by atoms with van der Waals surface area (Å²) in [5.74, 6) is -0.270. The molecule has 1 aromatic carbocycles. The first kappa shape index (κ1) is 15.3. The van der Waals surface area contributed by atoms with E-state index in [-0.39, 0.29) is 23.2 Å². The highest BCUT2D eigenvalue weighted by Gasteiger charge is 2.23. The van der Waals surface area contributed by atoms with Crippen LogP contribution in [0.4, 0.5) is 0 Å². The summed E-state index contributed by atoms with van der Waals surface area (Å²) in [7, 11) is 0. The van der Waals surface area contributed by atoms with Gasteiger partial charge in [0.15, 0.2) is 5.69 Å². The molecule has 1 aliphatic rings. The van der Waals surface area contributed by atoms with Gasteiger partial charge in [0.2, 0.25) is 0 Å². The Morgan fingerprint density at radius 1 is 1.28 bits per heavy atom. The first-order valence-electron chi connectivity index (χ1n) is 8.05. The standard InChI is InChI=1S/C17H16N6O2/c24-16-9-11-8-12(6-7-14(11)20-21-16)19-17(25)15-10-18-23(22-15)13-4-2-1-3-5-13/h1-5,9-10,12H,6-8H2,(H,19,25)(H,21,24)/t12-/m0/s1. The van der Waals surface area contributed by atoms with E-state index in [9.17, 15) is 9.59 Å². The van der Waals surface area contributed by atoms with Crippen molar-refractivity contribution in [3.8, 4) is 5.69 Å². The molecule has 3 aromatic rings. The zero-order valence-electron chi connectivity index (χ0n) is 13.3. The van der Waals surface area contributed by atoms with Crippen LogP contribution in [0.15, 0.2) is 47.4 Å². The van der Waals surface area contributed by atoms with Crippen LogP contribution in [0.3, 0.4) is 0 Å². The lowest BCUT2D eigenvalue weighted by Crippen LogP contribution is -2.39. The van der Waals surface area contributed by atoms with Gasteiger partial charge < -0.3 is 5.32 Å². The molecule has 25 heavy (non-hydrogen) atoms. The Bertz CT molecular complexity index is 963. The molecule has 1 atom stereocenters. The third kappa shape index (κ3) is 3.18. The van der Waals surface area contributed by atoms with Gasteiger partial charge >= 0.3 is 0 Å². The fraction of sp³-hybridized carbons (Fsp3) is 0.235. The van der Waals surface area contributed by atoms with E-state index in [0.717, 1.165) is 23.4 Å². The highest BCUT2D eigenvalue weighted by Crippen LogP contribution is 2.17. The van der Waals surface area contributed by atoms with Crippen LogP contribution in [0.5, 0.6) is 0 Å². The fourth-order valence-electron chi connectivity index (χ4n) is 2.98. The predicted molar refractivity (Wildman–Crippen MR) is 89.5 cm³/mol. The first-order valence-corrected chi connectivity index (χ1v) is 8.05. The van der Waals surface area contributed by atoms with Gasteiger partial charge in [0.1, 0.15) is 0 Å². The number of nitrogens with zero attached hydrogens (tertiary/aromatic N) is 4. The number of fused-ring (bicyclic) bond motifs is 1. The molecule has 1 aliphatic carbocycles. The van der Waals surface area contributed by atoms with E-state index >= 15 is 0 Å². The second kappa shape index (κ2) is 6.31. The Kier molecular flexibility index (Phi) is 3.85. The van der Waals surface area contributed by atoms with Crippen molar-refractivity contribution in [2.24, 2.45) is 0 Å². The van der Waals surface area contributed by atoms with Gasteiger partial charge in [-0.1, -0.05) is 18.2 Å². The molecule has 0 spiro atoms. The van der Waals surface area contributed by atoms with Crippen LogP contribution < -0.4 is 10.9 Å². The minimum Gasteiger partial charge on any atom is -0.348 e. The summed E-state index contributed by atoms with van der Waals surface area (Å²) >= 11 is 0. The van der Waals surface area contributed by atoms with Crippen LogP contribution in [-0.4, -0.2) is 37.1 Å². The highest BCUT2D eigenvalue weighted by atomic mass is 16.2. The van der Waals surface area contributed by atoms with Crippen LogP contribution in [0.1, 0.15) is 28.2 Å². The zero-order valence-corrected chi connectivity index (χ0v) is 13.3. The van der Waals surface area contributed by atoms with Crippen molar-refractivity contribution in [2.75, 3.05) is 0 Å². The Hall–Kier alpha value is -3.29. The molecular weight excluding hydrogens is 320 g/mol. The van der Waals surface area contributed by atoms with Gasteiger partial charge in [-0.05, 0) is 37.0 Å². The van der Waals surface area contributed by atoms with Gasteiger partial charge in [0.25, 0.3) is 11.5 Å². The lowest BCUT2D eigenvalue weighted by Gasteiger charge is -2.23. The number of H-pyrrole nitrogens is 1. The van der Waals surface area contributed by atoms with Gasteiger partial charge in [0, 0.05) is 12.1 Å². The van der Waals surface area contributed by atoms with Crippen molar-refractivity contribution in [1.82, 2.24) is 30.5 Å². The average Bonchev–Trinajstić information content (AvgIpc) is 3.12. The highest BCUT2D eigenvalue weighted by molar-refractivity contribution is 5.92. The van der Waals surface area contributed by atoms with Gasteiger partial charge in [-0.3, -0.25) is 9.59 Å². The van der Waals surface area contributed by atoms with Gasteiger partial charge in [-0.15, -0.1) is 5.10 Å². The molecule has 0 saturated heterocycles. The molecule has 0 saturated carbocycles. The maximum absolute atomic E-state index is 12.4. The second-order valence-electron chi connectivity index (χ2n) is 5.97. The Morgan fingerprint density at radius 3 is 2.96 bits per heavy atom. The van der Waals surface area contributed by atoms with Crippen molar-refractivity contribution in [2.45, 2.75) is 25.3 Å². The Labute approximate surface area is 142 Å². The maximum atomic E-state index is 12.4. The van der Waals surface area contributed by atoms with Gasteiger partial charge in [0.05, 0.1) is 17.6 Å². The summed E-state index contributed by atoms with van der Waals surface area (Å²) in [6.45, 7) is 0. The van der Waals surface area contributed by atoms with E-state index in [2.05, 4.69) is 25.7 Å². The van der Waals surface area contributed by atoms with Crippen LogP contribution in [0.25, 0.3) is 5.69 Å². The van der Waals surface area contributed by atoms with Gasteiger partial charge in [-0.2, -0.15) is 15.0 Å². The molecule has 2 heterocycles. The SMILES string of the molecule is O=C(N[C@H]1CCc2n[nH]c(=O)cc2C1)c1cnn(-c2ccccc2)n1. The van der Waals surface area contributed by atoms with Crippen molar-refractivity contribution in [1.29, 1.82) is 0 Å². The van der Waals surface area contributed by atoms with Gasteiger partial charge in [-0.25, -0.2) is 5.10 Å².